The molecule has 0 saturated carbocycles. The molecule has 0 aliphatic heterocycles. The first-order valence-corrected chi connectivity index (χ1v) is 7.15. The molecule has 2 heterocycles. The zero-order valence-electron chi connectivity index (χ0n) is 13.4. The maximum atomic E-state index is 12.5. The fourth-order valence-electron chi connectivity index (χ4n) is 2.47. The molecule has 0 spiro atoms. The van der Waals surface area contributed by atoms with Crippen molar-refractivity contribution >= 4 is 5.91 Å². The number of hydrogen-bond donors (Lipinski definition) is 0. The predicted molar refractivity (Wildman–Crippen MR) is 81.0 cm³/mol. The highest BCUT2D eigenvalue weighted by atomic mass is 16.2. The quantitative estimate of drug-likeness (QED) is 0.842. The molecule has 0 aromatic carbocycles. The highest BCUT2D eigenvalue weighted by molar-refractivity contribution is 5.79. The standard InChI is InChI=1S/C15H23N5O/c1-11-10-12(2)20(17-11)13(3)15(21)18(5)8-9-19-7-6-16-14(19)4/h6-7,10,13H,8-9H2,1-5H3. The van der Waals surface area contributed by atoms with Crippen LogP contribution in [0, 0.1) is 20.8 Å². The molecule has 1 unspecified atom stereocenters. The predicted octanol–water partition coefficient (Wildman–Crippen LogP) is 1.72. The lowest BCUT2D eigenvalue weighted by Crippen LogP contribution is -2.36. The normalized spacial score (nSPS) is 12.4. The van der Waals surface area contributed by atoms with Crippen LogP contribution in [0.15, 0.2) is 18.5 Å². The van der Waals surface area contributed by atoms with E-state index in [0.29, 0.717) is 6.54 Å². The number of hydrogen-bond acceptors (Lipinski definition) is 3. The summed E-state index contributed by atoms with van der Waals surface area (Å²) in [5.74, 6) is 1.03. The van der Waals surface area contributed by atoms with Crippen LogP contribution in [0.1, 0.15) is 30.2 Å². The second kappa shape index (κ2) is 6.11. The van der Waals surface area contributed by atoms with E-state index in [1.165, 1.54) is 0 Å². The Balaban J connectivity index is 1.99. The Morgan fingerprint density at radius 2 is 2.10 bits per heavy atom. The van der Waals surface area contributed by atoms with Gasteiger partial charge in [0.1, 0.15) is 11.9 Å². The van der Waals surface area contributed by atoms with Crippen molar-refractivity contribution in [2.75, 3.05) is 13.6 Å². The molecule has 0 aliphatic rings. The Morgan fingerprint density at radius 3 is 2.62 bits per heavy atom. The van der Waals surface area contributed by atoms with E-state index in [2.05, 4.69) is 10.1 Å². The molecule has 1 atom stereocenters. The largest absolute Gasteiger partial charge is 0.342 e. The smallest absolute Gasteiger partial charge is 0.246 e. The maximum Gasteiger partial charge on any atom is 0.246 e. The van der Waals surface area contributed by atoms with Crippen molar-refractivity contribution < 1.29 is 4.79 Å². The van der Waals surface area contributed by atoms with Crippen LogP contribution in [0.3, 0.4) is 0 Å². The van der Waals surface area contributed by atoms with Crippen LogP contribution in [0.4, 0.5) is 0 Å². The van der Waals surface area contributed by atoms with Gasteiger partial charge in [-0.25, -0.2) is 4.98 Å². The monoisotopic (exact) mass is 289 g/mol. The average molecular weight is 289 g/mol. The zero-order valence-corrected chi connectivity index (χ0v) is 13.4. The molecule has 2 rings (SSSR count). The summed E-state index contributed by atoms with van der Waals surface area (Å²) < 4.78 is 3.83. The fourth-order valence-corrected chi connectivity index (χ4v) is 2.47. The SMILES string of the molecule is Cc1cc(C)n(C(C)C(=O)N(C)CCn2ccnc2C)n1. The Kier molecular flexibility index (Phi) is 4.45. The zero-order chi connectivity index (χ0) is 15.6. The summed E-state index contributed by atoms with van der Waals surface area (Å²) >= 11 is 0. The molecule has 0 fully saturated rings. The third-order valence-corrected chi connectivity index (χ3v) is 3.75. The lowest BCUT2D eigenvalue weighted by molar-refractivity contribution is -0.133. The van der Waals surface area contributed by atoms with Crippen LogP contribution >= 0.6 is 0 Å². The molecular weight excluding hydrogens is 266 g/mol. The van der Waals surface area contributed by atoms with E-state index in [1.807, 2.05) is 51.6 Å². The summed E-state index contributed by atoms with van der Waals surface area (Å²) in [5, 5.41) is 4.39. The summed E-state index contributed by atoms with van der Waals surface area (Å²) in [6, 6.07) is 1.70. The molecule has 0 bridgehead atoms. The van der Waals surface area contributed by atoms with Crippen molar-refractivity contribution in [2.24, 2.45) is 0 Å². The third-order valence-electron chi connectivity index (χ3n) is 3.75. The van der Waals surface area contributed by atoms with E-state index in [0.717, 1.165) is 23.8 Å². The van der Waals surface area contributed by atoms with Gasteiger partial charge in [0, 0.05) is 38.2 Å². The maximum absolute atomic E-state index is 12.5. The first-order valence-electron chi connectivity index (χ1n) is 7.15. The van der Waals surface area contributed by atoms with Crippen molar-refractivity contribution in [3.05, 3.63) is 35.7 Å². The molecule has 0 saturated heterocycles. The second-order valence-electron chi connectivity index (χ2n) is 5.48. The number of likely N-dealkylation sites (N-methyl/N-ethyl adjacent to an activating group) is 1. The Morgan fingerprint density at radius 1 is 1.38 bits per heavy atom. The Bertz CT molecular complexity index is 628. The molecule has 21 heavy (non-hydrogen) atoms. The van der Waals surface area contributed by atoms with Gasteiger partial charge in [0.05, 0.1) is 5.69 Å². The van der Waals surface area contributed by atoms with Gasteiger partial charge >= 0.3 is 0 Å². The van der Waals surface area contributed by atoms with Crippen LogP contribution < -0.4 is 0 Å². The number of aromatic nitrogens is 4. The van der Waals surface area contributed by atoms with Gasteiger partial charge < -0.3 is 9.47 Å². The molecule has 2 aromatic rings. The molecule has 2 aromatic heterocycles. The molecule has 0 N–H and O–H groups in total. The van der Waals surface area contributed by atoms with Crippen molar-refractivity contribution in [2.45, 2.75) is 40.3 Å². The minimum absolute atomic E-state index is 0.0685. The Hall–Kier alpha value is -2.11. The fraction of sp³-hybridized carbons (Fsp3) is 0.533. The van der Waals surface area contributed by atoms with Crippen molar-refractivity contribution in [1.29, 1.82) is 0 Å². The van der Waals surface area contributed by atoms with Gasteiger partial charge in [0.2, 0.25) is 5.91 Å². The number of carbonyl (C=O) groups excluding carboxylic acids is 1. The van der Waals surface area contributed by atoms with E-state index in [-0.39, 0.29) is 11.9 Å². The first kappa shape index (κ1) is 15.3. The van der Waals surface area contributed by atoms with Crippen LogP contribution in [-0.2, 0) is 11.3 Å². The van der Waals surface area contributed by atoms with E-state index in [9.17, 15) is 4.79 Å². The minimum Gasteiger partial charge on any atom is -0.342 e. The third kappa shape index (κ3) is 3.32. The average Bonchev–Trinajstić information content (AvgIpc) is 2.99. The highest BCUT2D eigenvalue weighted by Crippen LogP contribution is 2.13. The molecule has 0 radical (unpaired) electrons. The lowest BCUT2D eigenvalue weighted by atomic mass is 10.3. The van der Waals surface area contributed by atoms with Crippen molar-refractivity contribution in [3.63, 3.8) is 0 Å². The molecule has 114 valence electrons. The van der Waals surface area contributed by atoms with E-state index in [4.69, 9.17) is 0 Å². The van der Waals surface area contributed by atoms with Crippen LogP contribution in [0.25, 0.3) is 0 Å². The van der Waals surface area contributed by atoms with Gasteiger partial charge in [0.15, 0.2) is 0 Å². The summed E-state index contributed by atoms with van der Waals surface area (Å²) in [6.45, 7) is 9.16. The number of amides is 1. The summed E-state index contributed by atoms with van der Waals surface area (Å²) in [7, 11) is 1.83. The molecule has 6 nitrogen and oxygen atoms in total. The van der Waals surface area contributed by atoms with E-state index < -0.39 is 0 Å². The molecular formula is C15H23N5O. The van der Waals surface area contributed by atoms with Gasteiger partial charge in [0.25, 0.3) is 0 Å². The van der Waals surface area contributed by atoms with Crippen molar-refractivity contribution in [3.8, 4) is 0 Å². The number of rotatable bonds is 5. The summed E-state index contributed by atoms with van der Waals surface area (Å²) in [5.41, 5.74) is 1.94. The van der Waals surface area contributed by atoms with Gasteiger partial charge in [-0.1, -0.05) is 0 Å². The van der Waals surface area contributed by atoms with Gasteiger partial charge in [-0.15, -0.1) is 0 Å². The van der Waals surface area contributed by atoms with Gasteiger partial charge in [-0.05, 0) is 33.8 Å². The lowest BCUT2D eigenvalue weighted by Gasteiger charge is -2.22. The van der Waals surface area contributed by atoms with Gasteiger partial charge in [-0.3, -0.25) is 9.48 Å². The van der Waals surface area contributed by atoms with Crippen LogP contribution in [0.2, 0.25) is 0 Å². The van der Waals surface area contributed by atoms with Crippen LogP contribution in [0.5, 0.6) is 0 Å². The number of aryl methyl sites for hydroxylation is 3. The van der Waals surface area contributed by atoms with Crippen molar-refractivity contribution in [1.82, 2.24) is 24.2 Å². The summed E-state index contributed by atoms with van der Waals surface area (Å²) in [6.07, 6.45) is 3.70. The Labute approximate surface area is 125 Å². The number of nitrogens with zero attached hydrogens (tertiary/aromatic N) is 5. The number of imidazole rings is 1. The minimum atomic E-state index is -0.285. The topological polar surface area (TPSA) is 56.0 Å². The first-order chi connectivity index (χ1) is 9.90. The second-order valence-corrected chi connectivity index (χ2v) is 5.48. The highest BCUT2D eigenvalue weighted by Gasteiger charge is 2.21. The van der Waals surface area contributed by atoms with Crippen LogP contribution in [-0.4, -0.2) is 43.7 Å². The van der Waals surface area contributed by atoms with E-state index >= 15 is 0 Å². The molecule has 1 amide bonds. The molecule has 6 heteroatoms. The number of carbonyl (C=O) groups is 1. The summed E-state index contributed by atoms with van der Waals surface area (Å²) in [4.78, 5) is 18.4. The van der Waals surface area contributed by atoms with Gasteiger partial charge in [-0.2, -0.15) is 5.10 Å². The molecule has 0 aliphatic carbocycles. The van der Waals surface area contributed by atoms with E-state index in [1.54, 1.807) is 15.8 Å².